The van der Waals surface area contributed by atoms with Gasteiger partial charge in [-0.1, -0.05) is 13.8 Å². The Morgan fingerprint density at radius 1 is 1.33 bits per heavy atom. The summed E-state index contributed by atoms with van der Waals surface area (Å²) in [6, 6.07) is 0.638. The van der Waals surface area contributed by atoms with Gasteiger partial charge in [-0.05, 0) is 45.4 Å². The summed E-state index contributed by atoms with van der Waals surface area (Å²) in [7, 11) is 0. The zero-order chi connectivity index (χ0) is 13.3. The van der Waals surface area contributed by atoms with Gasteiger partial charge in [0.15, 0.2) is 0 Å². The predicted molar refractivity (Wildman–Crippen MR) is 75.4 cm³/mol. The molecule has 1 aromatic rings. The molecular weight excluding hydrogens is 222 g/mol. The molecule has 102 valence electrons. The first-order valence-corrected chi connectivity index (χ1v) is 7.14. The van der Waals surface area contributed by atoms with Gasteiger partial charge in [0.25, 0.3) is 0 Å². The van der Waals surface area contributed by atoms with E-state index in [2.05, 4.69) is 49.5 Å². The average Bonchev–Trinajstić information content (AvgIpc) is 2.84. The van der Waals surface area contributed by atoms with Crippen LogP contribution in [-0.4, -0.2) is 15.1 Å². The third-order valence-corrected chi connectivity index (χ3v) is 4.33. The van der Waals surface area contributed by atoms with Gasteiger partial charge in [-0.15, -0.1) is 0 Å². The fraction of sp³-hybridized carbons (Fsp3) is 0.800. The van der Waals surface area contributed by atoms with Gasteiger partial charge in [-0.2, -0.15) is 0 Å². The van der Waals surface area contributed by atoms with E-state index in [0.29, 0.717) is 6.04 Å². The van der Waals surface area contributed by atoms with Gasteiger partial charge >= 0.3 is 0 Å². The molecule has 0 spiro atoms. The number of nitrogens with zero attached hydrogens (tertiary/aromatic N) is 2. The quantitative estimate of drug-likeness (QED) is 0.890. The Labute approximate surface area is 111 Å². The highest BCUT2D eigenvalue weighted by atomic mass is 15.1. The third-order valence-electron chi connectivity index (χ3n) is 4.33. The second-order valence-corrected chi connectivity index (χ2v) is 6.88. The van der Waals surface area contributed by atoms with Crippen molar-refractivity contribution in [1.82, 2.24) is 14.9 Å². The minimum Gasteiger partial charge on any atom is -0.330 e. The number of hydrogen-bond donors (Lipinski definition) is 1. The van der Waals surface area contributed by atoms with Crippen LogP contribution in [0.3, 0.4) is 0 Å². The molecule has 1 fully saturated rings. The Bertz CT molecular complexity index is 389. The maximum Gasteiger partial charge on any atom is 0.0951 e. The maximum atomic E-state index is 4.35. The summed E-state index contributed by atoms with van der Waals surface area (Å²) in [5.41, 5.74) is 1.47. The Balaban J connectivity index is 2.08. The zero-order valence-electron chi connectivity index (χ0n) is 12.4. The highest BCUT2D eigenvalue weighted by Gasteiger charge is 2.31. The van der Waals surface area contributed by atoms with E-state index in [1.54, 1.807) is 0 Å². The van der Waals surface area contributed by atoms with Crippen LogP contribution in [0.25, 0.3) is 0 Å². The average molecular weight is 249 g/mol. The van der Waals surface area contributed by atoms with E-state index in [-0.39, 0.29) is 5.54 Å². The molecule has 1 aromatic heterocycles. The van der Waals surface area contributed by atoms with Crippen molar-refractivity contribution >= 4 is 0 Å². The molecule has 3 heteroatoms. The van der Waals surface area contributed by atoms with Crippen molar-refractivity contribution in [1.29, 1.82) is 0 Å². The molecule has 3 atom stereocenters. The van der Waals surface area contributed by atoms with Crippen LogP contribution < -0.4 is 5.32 Å². The lowest BCUT2D eigenvalue weighted by molar-refractivity contribution is 0.338. The molecule has 1 N–H and O–H groups in total. The van der Waals surface area contributed by atoms with Crippen LogP contribution in [-0.2, 0) is 6.54 Å². The van der Waals surface area contributed by atoms with E-state index in [1.807, 2.05) is 12.5 Å². The number of imidazole rings is 1. The van der Waals surface area contributed by atoms with Crippen molar-refractivity contribution in [2.75, 3.05) is 0 Å². The molecule has 1 aliphatic carbocycles. The Kier molecular flexibility index (Phi) is 3.81. The van der Waals surface area contributed by atoms with Crippen LogP contribution >= 0.6 is 0 Å². The fourth-order valence-corrected chi connectivity index (χ4v) is 2.85. The van der Waals surface area contributed by atoms with Gasteiger partial charge in [0, 0.05) is 24.3 Å². The Morgan fingerprint density at radius 2 is 2.06 bits per heavy atom. The first kappa shape index (κ1) is 13.6. The summed E-state index contributed by atoms with van der Waals surface area (Å²) < 4.78 is 2.40. The van der Waals surface area contributed by atoms with Crippen LogP contribution in [0, 0.1) is 11.8 Å². The SMILES string of the molecule is CC1CCC(n2cncc2CNC(C)(C)C)C1C. The summed E-state index contributed by atoms with van der Waals surface area (Å²) in [5.74, 6) is 1.59. The molecule has 0 aliphatic heterocycles. The van der Waals surface area contributed by atoms with Gasteiger partial charge in [0.1, 0.15) is 0 Å². The largest absolute Gasteiger partial charge is 0.330 e. The van der Waals surface area contributed by atoms with Crippen molar-refractivity contribution in [3.8, 4) is 0 Å². The van der Waals surface area contributed by atoms with Gasteiger partial charge in [-0.3, -0.25) is 0 Å². The van der Waals surface area contributed by atoms with E-state index < -0.39 is 0 Å². The van der Waals surface area contributed by atoms with Crippen LogP contribution in [0.15, 0.2) is 12.5 Å². The van der Waals surface area contributed by atoms with Gasteiger partial charge in [0.05, 0.1) is 12.0 Å². The Morgan fingerprint density at radius 3 is 2.61 bits per heavy atom. The molecule has 2 rings (SSSR count). The van der Waals surface area contributed by atoms with Gasteiger partial charge in [-0.25, -0.2) is 4.98 Å². The van der Waals surface area contributed by atoms with E-state index in [0.717, 1.165) is 18.4 Å². The van der Waals surface area contributed by atoms with Crippen LogP contribution in [0.4, 0.5) is 0 Å². The van der Waals surface area contributed by atoms with Crippen LogP contribution in [0.5, 0.6) is 0 Å². The summed E-state index contributed by atoms with van der Waals surface area (Å²) in [6.07, 6.45) is 6.66. The second kappa shape index (κ2) is 5.04. The first-order chi connectivity index (χ1) is 8.38. The molecule has 18 heavy (non-hydrogen) atoms. The fourth-order valence-electron chi connectivity index (χ4n) is 2.85. The minimum atomic E-state index is 0.156. The van der Waals surface area contributed by atoms with E-state index in [1.165, 1.54) is 18.5 Å². The third kappa shape index (κ3) is 2.94. The lowest BCUT2D eigenvalue weighted by Gasteiger charge is -2.25. The molecule has 0 bridgehead atoms. The van der Waals surface area contributed by atoms with Gasteiger partial charge < -0.3 is 9.88 Å². The summed E-state index contributed by atoms with van der Waals surface area (Å²) >= 11 is 0. The standard InChI is InChI=1S/C15H27N3/c1-11-6-7-14(12(11)2)18-10-16-8-13(18)9-17-15(3,4)5/h8,10-12,14,17H,6-7,9H2,1-5H3. The number of hydrogen-bond acceptors (Lipinski definition) is 2. The molecule has 3 unspecified atom stereocenters. The highest BCUT2D eigenvalue weighted by molar-refractivity contribution is 5.03. The van der Waals surface area contributed by atoms with E-state index in [4.69, 9.17) is 0 Å². The van der Waals surface area contributed by atoms with Gasteiger partial charge in [0.2, 0.25) is 0 Å². The van der Waals surface area contributed by atoms with Crippen molar-refractivity contribution in [3.63, 3.8) is 0 Å². The molecular formula is C15H27N3. The lowest BCUT2D eigenvalue weighted by atomic mass is 9.97. The summed E-state index contributed by atoms with van der Waals surface area (Å²) in [6.45, 7) is 12.3. The van der Waals surface area contributed by atoms with Crippen LogP contribution in [0.1, 0.15) is 59.2 Å². The normalized spacial score (nSPS) is 28.8. The highest BCUT2D eigenvalue weighted by Crippen LogP contribution is 2.40. The molecule has 1 heterocycles. The topological polar surface area (TPSA) is 29.9 Å². The smallest absolute Gasteiger partial charge is 0.0951 e. The summed E-state index contributed by atoms with van der Waals surface area (Å²) in [4.78, 5) is 4.35. The molecule has 0 radical (unpaired) electrons. The molecule has 0 amide bonds. The zero-order valence-corrected chi connectivity index (χ0v) is 12.4. The predicted octanol–water partition coefficient (Wildman–Crippen LogP) is 3.38. The number of aromatic nitrogens is 2. The molecule has 1 aliphatic rings. The van der Waals surface area contributed by atoms with Crippen molar-refractivity contribution in [2.45, 2.75) is 65.6 Å². The molecule has 0 saturated heterocycles. The number of rotatable bonds is 3. The van der Waals surface area contributed by atoms with E-state index >= 15 is 0 Å². The first-order valence-electron chi connectivity index (χ1n) is 7.14. The van der Waals surface area contributed by atoms with Crippen LogP contribution in [0.2, 0.25) is 0 Å². The monoisotopic (exact) mass is 249 g/mol. The number of nitrogens with one attached hydrogen (secondary N) is 1. The van der Waals surface area contributed by atoms with Crippen molar-refractivity contribution in [3.05, 3.63) is 18.2 Å². The van der Waals surface area contributed by atoms with Crippen molar-refractivity contribution in [2.24, 2.45) is 11.8 Å². The molecule has 1 saturated carbocycles. The molecule has 3 nitrogen and oxygen atoms in total. The van der Waals surface area contributed by atoms with E-state index in [9.17, 15) is 0 Å². The second-order valence-electron chi connectivity index (χ2n) is 6.88. The Hall–Kier alpha value is -0.830. The molecule has 0 aromatic carbocycles. The minimum absolute atomic E-state index is 0.156. The van der Waals surface area contributed by atoms with Crippen molar-refractivity contribution < 1.29 is 0 Å². The maximum absolute atomic E-state index is 4.35. The summed E-state index contributed by atoms with van der Waals surface area (Å²) in [5, 5.41) is 3.55. The lowest BCUT2D eigenvalue weighted by Crippen LogP contribution is -2.36.